The molecular formula is C26H30N8O2. The summed E-state index contributed by atoms with van der Waals surface area (Å²) in [6.07, 6.45) is 4.45. The number of morpholine rings is 1. The van der Waals surface area contributed by atoms with Crippen LogP contribution in [0.3, 0.4) is 0 Å². The standard InChI is InChI=1S/C26H30N8O2/c1-17-16-36-12-11-33(17)24-13-21(22-14-28-34(25(22)30-24)23-7-9-27-31-23)18-3-5-20(6-4-18)29-26(35)19-8-10-32(2)15-19/h3-7,9,13-14,17,19H,8,10-12,15-16H2,1-2H3,(H,27,31)(H,29,35)/t17-,19?/m1/s1. The molecule has 0 radical (unpaired) electrons. The highest BCUT2D eigenvalue weighted by Gasteiger charge is 2.26. The predicted molar refractivity (Wildman–Crippen MR) is 138 cm³/mol. The van der Waals surface area contributed by atoms with Crippen molar-refractivity contribution in [2.75, 3.05) is 50.1 Å². The van der Waals surface area contributed by atoms with E-state index in [4.69, 9.17) is 9.72 Å². The van der Waals surface area contributed by atoms with Crippen LogP contribution in [-0.2, 0) is 9.53 Å². The third kappa shape index (κ3) is 4.22. The van der Waals surface area contributed by atoms with Crippen LogP contribution in [0.1, 0.15) is 13.3 Å². The van der Waals surface area contributed by atoms with Crippen LogP contribution in [0, 0.1) is 5.92 Å². The van der Waals surface area contributed by atoms with Gasteiger partial charge in [0.2, 0.25) is 5.91 Å². The van der Waals surface area contributed by atoms with Gasteiger partial charge in [0, 0.05) is 30.2 Å². The summed E-state index contributed by atoms with van der Waals surface area (Å²) in [5.41, 5.74) is 3.63. The lowest BCUT2D eigenvalue weighted by Gasteiger charge is -2.34. The average molecular weight is 487 g/mol. The van der Waals surface area contributed by atoms with E-state index in [0.29, 0.717) is 13.2 Å². The van der Waals surface area contributed by atoms with E-state index in [1.807, 2.05) is 36.5 Å². The largest absolute Gasteiger partial charge is 0.377 e. The van der Waals surface area contributed by atoms with Crippen molar-refractivity contribution in [3.05, 3.63) is 48.8 Å². The highest BCUT2D eigenvalue weighted by molar-refractivity contribution is 5.96. The number of ether oxygens (including phenoxy) is 1. The van der Waals surface area contributed by atoms with Crippen molar-refractivity contribution in [2.45, 2.75) is 19.4 Å². The molecule has 0 aliphatic carbocycles. The van der Waals surface area contributed by atoms with Gasteiger partial charge in [-0.3, -0.25) is 9.89 Å². The number of carbonyl (C=O) groups is 1. The summed E-state index contributed by atoms with van der Waals surface area (Å²) < 4.78 is 7.44. The molecule has 1 unspecified atom stereocenters. The summed E-state index contributed by atoms with van der Waals surface area (Å²) in [6, 6.07) is 12.2. The van der Waals surface area contributed by atoms with E-state index in [0.717, 1.165) is 65.5 Å². The van der Waals surface area contributed by atoms with Crippen LogP contribution >= 0.6 is 0 Å². The predicted octanol–water partition coefficient (Wildman–Crippen LogP) is 2.93. The number of nitrogens with one attached hydrogen (secondary N) is 2. The summed E-state index contributed by atoms with van der Waals surface area (Å²) in [5.74, 6) is 1.77. The number of hydrogen-bond acceptors (Lipinski definition) is 7. The molecule has 2 aliphatic heterocycles. The van der Waals surface area contributed by atoms with Crippen molar-refractivity contribution in [3.8, 4) is 16.9 Å². The molecule has 186 valence electrons. The van der Waals surface area contributed by atoms with Crippen molar-refractivity contribution < 1.29 is 9.53 Å². The minimum Gasteiger partial charge on any atom is -0.377 e. The maximum Gasteiger partial charge on any atom is 0.228 e. The first-order valence-electron chi connectivity index (χ1n) is 12.4. The zero-order valence-corrected chi connectivity index (χ0v) is 20.5. The van der Waals surface area contributed by atoms with Crippen molar-refractivity contribution >= 4 is 28.4 Å². The molecule has 2 fully saturated rings. The number of aromatic amines is 1. The van der Waals surface area contributed by atoms with E-state index in [-0.39, 0.29) is 17.9 Å². The van der Waals surface area contributed by atoms with E-state index in [2.05, 4.69) is 50.5 Å². The Morgan fingerprint density at radius 1 is 1.19 bits per heavy atom. The Balaban J connectivity index is 1.36. The fourth-order valence-electron chi connectivity index (χ4n) is 5.11. The van der Waals surface area contributed by atoms with E-state index in [1.165, 1.54) is 0 Å². The molecule has 2 aliphatic rings. The van der Waals surface area contributed by atoms with Gasteiger partial charge in [0.05, 0.1) is 37.6 Å². The lowest BCUT2D eigenvalue weighted by atomic mass is 10.0. The van der Waals surface area contributed by atoms with Gasteiger partial charge in [-0.2, -0.15) is 14.9 Å². The Bertz CT molecular complexity index is 1360. The number of benzene rings is 1. The molecule has 4 aromatic rings. The quantitative estimate of drug-likeness (QED) is 0.447. The average Bonchev–Trinajstić information content (AvgIpc) is 3.65. The zero-order valence-electron chi connectivity index (χ0n) is 20.5. The normalized spacial score (nSPS) is 20.8. The van der Waals surface area contributed by atoms with Crippen LogP contribution in [0.25, 0.3) is 28.0 Å². The minimum atomic E-state index is 0.0425. The second kappa shape index (κ2) is 9.36. The van der Waals surface area contributed by atoms with Crippen LogP contribution in [0.2, 0.25) is 0 Å². The van der Waals surface area contributed by atoms with Gasteiger partial charge in [0.1, 0.15) is 5.82 Å². The van der Waals surface area contributed by atoms with Crippen molar-refractivity contribution in [1.29, 1.82) is 0 Å². The summed E-state index contributed by atoms with van der Waals surface area (Å²) in [5, 5.41) is 15.7. The van der Waals surface area contributed by atoms with E-state index in [9.17, 15) is 4.79 Å². The molecule has 0 spiro atoms. The second-order valence-electron chi connectivity index (χ2n) is 9.70. The summed E-state index contributed by atoms with van der Waals surface area (Å²) in [7, 11) is 2.05. The Labute approximate surface area is 209 Å². The van der Waals surface area contributed by atoms with Crippen LogP contribution in [0.5, 0.6) is 0 Å². The van der Waals surface area contributed by atoms with Crippen LogP contribution in [-0.4, -0.2) is 81.7 Å². The van der Waals surface area contributed by atoms with Gasteiger partial charge in [0.25, 0.3) is 0 Å². The number of pyridine rings is 1. The van der Waals surface area contributed by atoms with E-state index >= 15 is 0 Å². The lowest BCUT2D eigenvalue weighted by molar-refractivity contribution is -0.119. The van der Waals surface area contributed by atoms with Crippen molar-refractivity contribution in [3.63, 3.8) is 0 Å². The molecule has 3 aromatic heterocycles. The summed E-state index contributed by atoms with van der Waals surface area (Å²) in [4.78, 5) is 22.2. The first kappa shape index (κ1) is 22.7. The SMILES string of the molecule is C[C@@H]1COCCN1c1cc(-c2ccc(NC(=O)C3CCN(C)C3)cc2)c2cnn(-c3ccn[nH]3)c2n1. The molecule has 1 aromatic carbocycles. The molecule has 6 rings (SSSR count). The Morgan fingerprint density at radius 2 is 2.06 bits per heavy atom. The Kier molecular flexibility index (Phi) is 5.90. The number of hydrogen-bond donors (Lipinski definition) is 2. The van der Waals surface area contributed by atoms with Crippen LogP contribution in [0.4, 0.5) is 11.5 Å². The molecule has 36 heavy (non-hydrogen) atoms. The first-order chi connectivity index (χ1) is 17.6. The lowest BCUT2D eigenvalue weighted by Crippen LogP contribution is -2.44. The number of H-pyrrole nitrogens is 1. The minimum absolute atomic E-state index is 0.0425. The highest BCUT2D eigenvalue weighted by atomic mass is 16.5. The van der Waals surface area contributed by atoms with E-state index in [1.54, 1.807) is 10.9 Å². The van der Waals surface area contributed by atoms with Crippen LogP contribution < -0.4 is 10.2 Å². The van der Waals surface area contributed by atoms with Gasteiger partial charge in [-0.25, -0.2) is 4.98 Å². The number of rotatable bonds is 5. The molecule has 10 heteroatoms. The van der Waals surface area contributed by atoms with Gasteiger partial charge in [-0.15, -0.1) is 0 Å². The molecule has 5 heterocycles. The van der Waals surface area contributed by atoms with Gasteiger partial charge in [0.15, 0.2) is 11.5 Å². The van der Waals surface area contributed by atoms with Crippen LogP contribution in [0.15, 0.2) is 48.8 Å². The highest BCUT2D eigenvalue weighted by Crippen LogP contribution is 2.34. The molecule has 0 saturated carbocycles. The monoisotopic (exact) mass is 486 g/mol. The molecule has 2 N–H and O–H groups in total. The number of aromatic nitrogens is 5. The molecule has 2 atom stereocenters. The molecular weight excluding hydrogens is 456 g/mol. The topological polar surface area (TPSA) is 104 Å². The molecule has 2 saturated heterocycles. The smallest absolute Gasteiger partial charge is 0.228 e. The molecule has 1 amide bonds. The Morgan fingerprint density at radius 3 is 2.78 bits per heavy atom. The fraction of sp³-hybridized carbons (Fsp3) is 0.385. The molecule has 10 nitrogen and oxygen atoms in total. The van der Waals surface area contributed by atoms with Crippen molar-refractivity contribution in [1.82, 2.24) is 29.9 Å². The number of likely N-dealkylation sites (tertiary alicyclic amines) is 1. The van der Waals surface area contributed by atoms with Gasteiger partial charge in [-0.1, -0.05) is 12.1 Å². The number of anilines is 2. The first-order valence-corrected chi connectivity index (χ1v) is 12.4. The van der Waals surface area contributed by atoms with Gasteiger partial charge in [-0.05, 0) is 56.3 Å². The maximum atomic E-state index is 12.7. The second-order valence-corrected chi connectivity index (χ2v) is 9.70. The third-order valence-corrected chi connectivity index (χ3v) is 7.13. The van der Waals surface area contributed by atoms with Crippen molar-refractivity contribution in [2.24, 2.45) is 5.92 Å². The Hall–Kier alpha value is -3.76. The third-order valence-electron chi connectivity index (χ3n) is 7.13. The van der Waals surface area contributed by atoms with Gasteiger partial charge >= 0.3 is 0 Å². The number of amides is 1. The number of fused-ring (bicyclic) bond motifs is 1. The number of carbonyl (C=O) groups excluding carboxylic acids is 1. The molecule has 0 bridgehead atoms. The zero-order chi connectivity index (χ0) is 24.6. The van der Waals surface area contributed by atoms with E-state index < -0.39 is 0 Å². The maximum absolute atomic E-state index is 12.7. The summed E-state index contributed by atoms with van der Waals surface area (Å²) >= 11 is 0. The fourth-order valence-corrected chi connectivity index (χ4v) is 5.11. The summed E-state index contributed by atoms with van der Waals surface area (Å²) in [6.45, 7) is 6.03. The van der Waals surface area contributed by atoms with Gasteiger partial charge < -0.3 is 19.9 Å². The number of nitrogens with zero attached hydrogens (tertiary/aromatic N) is 6.